The van der Waals surface area contributed by atoms with Gasteiger partial charge in [-0.1, -0.05) is 18.2 Å². The Morgan fingerprint density at radius 2 is 1.90 bits per heavy atom. The molecule has 0 aliphatic carbocycles. The Labute approximate surface area is 186 Å². The topological polar surface area (TPSA) is 80.9 Å². The highest BCUT2D eigenvalue weighted by Crippen LogP contribution is 2.20. The van der Waals surface area contributed by atoms with Crippen molar-refractivity contribution in [2.45, 2.75) is 32.4 Å². The summed E-state index contributed by atoms with van der Waals surface area (Å²) in [7, 11) is 1.84. The summed E-state index contributed by atoms with van der Waals surface area (Å²) in [5.74, 6) is 0.724. The first-order chi connectivity index (χ1) is 14.9. The van der Waals surface area contributed by atoms with Gasteiger partial charge in [0, 0.05) is 69.8 Å². The Bertz CT molecular complexity index is 825. The molecule has 0 spiro atoms. The lowest BCUT2D eigenvalue weighted by Gasteiger charge is -2.39. The molecule has 170 valence electrons. The molecule has 0 bridgehead atoms. The van der Waals surface area contributed by atoms with Crippen LogP contribution in [0.15, 0.2) is 47.7 Å². The zero-order valence-electron chi connectivity index (χ0n) is 19.3. The van der Waals surface area contributed by atoms with E-state index in [1.165, 1.54) is 5.69 Å². The quantitative estimate of drug-likeness (QED) is 0.436. The van der Waals surface area contributed by atoms with Gasteiger partial charge in [0.2, 0.25) is 0 Å². The first kappa shape index (κ1) is 23.1. The second-order valence-electron chi connectivity index (χ2n) is 8.46. The number of piperazine rings is 1. The molecule has 8 nitrogen and oxygen atoms in total. The van der Waals surface area contributed by atoms with Crippen molar-refractivity contribution in [1.82, 2.24) is 25.3 Å². The predicted molar refractivity (Wildman–Crippen MR) is 126 cm³/mol. The van der Waals surface area contributed by atoms with Gasteiger partial charge in [0.05, 0.1) is 12.7 Å². The van der Waals surface area contributed by atoms with Crippen molar-refractivity contribution in [3.05, 3.63) is 48.3 Å². The molecule has 2 atom stereocenters. The van der Waals surface area contributed by atoms with Gasteiger partial charge in [-0.2, -0.15) is 5.10 Å². The van der Waals surface area contributed by atoms with Gasteiger partial charge in [-0.05, 0) is 32.9 Å². The normalized spacial score (nSPS) is 18.5. The SMILES string of the molecule is CCNC(=NCC(C)(O)c1cnn(C)c1)NCC(C)N1CCN(c2ccccc2)CC1. The van der Waals surface area contributed by atoms with Gasteiger partial charge < -0.3 is 20.6 Å². The zero-order chi connectivity index (χ0) is 22.3. The van der Waals surface area contributed by atoms with Gasteiger partial charge in [-0.3, -0.25) is 9.58 Å². The van der Waals surface area contributed by atoms with Crippen molar-refractivity contribution in [3.63, 3.8) is 0 Å². The third kappa shape index (κ3) is 6.45. The molecule has 1 aliphatic heterocycles. The maximum atomic E-state index is 10.8. The summed E-state index contributed by atoms with van der Waals surface area (Å²) in [5, 5.41) is 21.7. The van der Waals surface area contributed by atoms with E-state index < -0.39 is 5.60 Å². The van der Waals surface area contributed by atoms with Crippen molar-refractivity contribution in [1.29, 1.82) is 0 Å². The number of nitrogens with zero attached hydrogens (tertiary/aromatic N) is 5. The lowest BCUT2D eigenvalue weighted by molar-refractivity contribution is 0.0671. The Balaban J connectivity index is 1.49. The number of aliphatic imine (C=N–C) groups is 1. The minimum atomic E-state index is -1.06. The monoisotopic (exact) mass is 427 g/mol. The van der Waals surface area contributed by atoms with Crippen LogP contribution in [0.2, 0.25) is 0 Å². The molecule has 3 N–H and O–H groups in total. The molecule has 2 heterocycles. The number of aryl methyl sites for hydroxylation is 1. The van der Waals surface area contributed by atoms with Gasteiger partial charge in [-0.25, -0.2) is 4.99 Å². The van der Waals surface area contributed by atoms with Crippen LogP contribution in [0.3, 0.4) is 0 Å². The van der Waals surface area contributed by atoms with Gasteiger partial charge in [0.25, 0.3) is 0 Å². The molecule has 2 unspecified atom stereocenters. The lowest BCUT2D eigenvalue weighted by Crippen LogP contribution is -2.53. The molecule has 1 aromatic heterocycles. The molecule has 1 fully saturated rings. The lowest BCUT2D eigenvalue weighted by atomic mass is 10.0. The van der Waals surface area contributed by atoms with E-state index in [-0.39, 0.29) is 6.54 Å². The van der Waals surface area contributed by atoms with E-state index >= 15 is 0 Å². The summed E-state index contributed by atoms with van der Waals surface area (Å²) in [4.78, 5) is 9.58. The van der Waals surface area contributed by atoms with E-state index in [2.05, 4.69) is 67.8 Å². The van der Waals surface area contributed by atoms with Crippen molar-refractivity contribution < 1.29 is 5.11 Å². The molecule has 1 aliphatic rings. The van der Waals surface area contributed by atoms with Crippen LogP contribution in [0.25, 0.3) is 0 Å². The number of nitrogens with one attached hydrogen (secondary N) is 2. The van der Waals surface area contributed by atoms with Crippen LogP contribution in [0.5, 0.6) is 0 Å². The minimum Gasteiger partial charge on any atom is -0.383 e. The van der Waals surface area contributed by atoms with E-state index in [1.807, 2.05) is 20.2 Å². The summed E-state index contributed by atoms with van der Waals surface area (Å²) in [6.45, 7) is 12.1. The number of guanidine groups is 1. The van der Waals surface area contributed by atoms with Crippen LogP contribution >= 0.6 is 0 Å². The maximum Gasteiger partial charge on any atom is 0.191 e. The van der Waals surface area contributed by atoms with E-state index in [0.717, 1.165) is 50.8 Å². The Morgan fingerprint density at radius 1 is 1.19 bits per heavy atom. The average molecular weight is 428 g/mol. The number of benzene rings is 1. The second-order valence-corrected chi connectivity index (χ2v) is 8.46. The fraction of sp³-hybridized carbons (Fsp3) is 0.565. The molecule has 1 aromatic carbocycles. The van der Waals surface area contributed by atoms with Gasteiger partial charge in [0.15, 0.2) is 5.96 Å². The minimum absolute atomic E-state index is 0.262. The van der Waals surface area contributed by atoms with Gasteiger partial charge >= 0.3 is 0 Å². The summed E-state index contributed by atoms with van der Waals surface area (Å²) in [6, 6.07) is 11.0. The molecule has 1 saturated heterocycles. The van der Waals surface area contributed by atoms with Crippen LogP contribution in [0.1, 0.15) is 26.3 Å². The number of hydrogen-bond acceptors (Lipinski definition) is 5. The fourth-order valence-corrected chi connectivity index (χ4v) is 3.80. The predicted octanol–water partition coefficient (Wildman–Crippen LogP) is 1.39. The van der Waals surface area contributed by atoms with Crippen molar-refractivity contribution >= 4 is 11.6 Å². The van der Waals surface area contributed by atoms with Crippen LogP contribution in [-0.2, 0) is 12.6 Å². The van der Waals surface area contributed by atoms with E-state index in [0.29, 0.717) is 6.04 Å². The standard InChI is InChI=1S/C23H37N7O/c1-5-24-22(26-18-23(3,31)20-16-27-28(4)17-20)25-15-19(2)29-11-13-30(14-12-29)21-9-7-6-8-10-21/h6-10,16-17,19,31H,5,11-15,18H2,1-4H3,(H2,24,25,26). The van der Waals surface area contributed by atoms with E-state index in [9.17, 15) is 5.11 Å². The molecule has 0 saturated carbocycles. The third-order valence-electron chi connectivity index (χ3n) is 5.84. The number of hydrogen-bond donors (Lipinski definition) is 3. The second kappa shape index (κ2) is 10.6. The Hall–Kier alpha value is -2.58. The van der Waals surface area contributed by atoms with Gasteiger partial charge in [0.1, 0.15) is 5.60 Å². The van der Waals surface area contributed by atoms with Crippen molar-refractivity contribution in [3.8, 4) is 0 Å². The number of aromatic nitrogens is 2. The molecule has 0 amide bonds. The first-order valence-corrected chi connectivity index (χ1v) is 11.2. The number of aliphatic hydroxyl groups is 1. The summed E-state index contributed by atoms with van der Waals surface area (Å²) < 4.78 is 1.69. The first-order valence-electron chi connectivity index (χ1n) is 11.2. The Kier molecular flexibility index (Phi) is 7.92. The Morgan fingerprint density at radius 3 is 2.52 bits per heavy atom. The number of rotatable bonds is 8. The van der Waals surface area contributed by atoms with Crippen molar-refractivity contribution in [2.24, 2.45) is 12.0 Å². The number of anilines is 1. The molecular formula is C23H37N7O. The van der Waals surface area contributed by atoms with Crippen LogP contribution in [0.4, 0.5) is 5.69 Å². The molecular weight excluding hydrogens is 390 g/mol. The van der Waals surface area contributed by atoms with Crippen molar-refractivity contribution in [2.75, 3.05) is 50.7 Å². The van der Waals surface area contributed by atoms with Crippen LogP contribution in [0, 0.1) is 0 Å². The number of para-hydroxylation sites is 1. The smallest absolute Gasteiger partial charge is 0.191 e. The molecule has 2 aromatic rings. The zero-order valence-corrected chi connectivity index (χ0v) is 19.3. The molecule has 3 rings (SSSR count). The maximum absolute atomic E-state index is 10.8. The highest BCUT2D eigenvalue weighted by Gasteiger charge is 2.25. The van der Waals surface area contributed by atoms with Gasteiger partial charge in [-0.15, -0.1) is 0 Å². The van der Waals surface area contributed by atoms with E-state index in [4.69, 9.17) is 0 Å². The van der Waals surface area contributed by atoms with Crippen LogP contribution < -0.4 is 15.5 Å². The summed E-state index contributed by atoms with van der Waals surface area (Å²) in [6.07, 6.45) is 3.51. The molecule has 8 heteroatoms. The molecule has 31 heavy (non-hydrogen) atoms. The highest BCUT2D eigenvalue weighted by atomic mass is 16.3. The average Bonchev–Trinajstić information content (AvgIpc) is 3.23. The summed E-state index contributed by atoms with van der Waals surface area (Å²) >= 11 is 0. The third-order valence-corrected chi connectivity index (χ3v) is 5.84. The summed E-state index contributed by atoms with van der Waals surface area (Å²) in [5.41, 5.74) is 1.00. The largest absolute Gasteiger partial charge is 0.383 e. The molecule has 0 radical (unpaired) electrons. The highest BCUT2D eigenvalue weighted by molar-refractivity contribution is 5.79. The van der Waals surface area contributed by atoms with E-state index in [1.54, 1.807) is 17.8 Å². The fourth-order valence-electron chi connectivity index (χ4n) is 3.80. The van der Waals surface area contributed by atoms with Crippen LogP contribution in [-0.4, -0.2) is 77.6 Å².